The van der Waals surface area contributed by atoms with E-state index in [4.69, 9.17) is 6.42 Å². The van der Waals surface area contributed by atoms with E-state index in [0.717, 1.165) is 6.26 Å². The second-order valence-electron chi connectivity index (χ2n) is 2.46. The number of benzene rings is 1. The first kappa shape index (κ1) is 9.62. The molecule has 4 heteroatoms. The van der Waals surface area contributed by atoms with Gasteiger partial charge in [0, 0.05) is 5.56 Å². The lowest BCUT2D eigenvalue weighted by atomic mass is 10.2. The zero-order chi connectivity index (χ0) is 9.90. The SMILES string of the molecule is C#Cc1ccc(OS(C)(=O)=O)cc1. The van der Waals surface area contributed by atoms with Gasteiger partial charge in [0.25, 0.3) is 0 Å². The Morgan fingerprint density at radius 1 is 1.31 bits per heavy atom. The normalized spacial score (nSPS) is 10.5. The summed E-state index contributed by atoms with van der Waals surface area (Å²) >= 11 is 0. The number of hydrogen-bond acceptors (Lipinski definition) is 3. The molecule has 0 unspecified atom stereocenters. The topological polar surface area (TPSA) is 43.4 Å². The van der Waals surface area contributed by atoms with E-state index in [0.29, 0.717) is 5.56 Å². The molecule has 0 amide bonds. The molecular formula is C9H8O3S. The molecule has 0 atom stereocenters. The summed E-state index contributed by atoms with van der Waals surface area (Å²) in [4.78, 5) is 0. The highest BCUT2D eigenvalue weighted by atomic mass is 32.2. The quantitative estimate of drug-likeness (QED) is 0.523. The van der Waals surface area contributed by atoms with E-state index >= 15 is 0 Å². The van der Waals surface area contributed by atoms with E-state index in [9.17, 15) is 8.42 Å². The van der Waals surface area contributed by atoms with Crippen molar-refractivity contribution >= 4 is 10.1 Å². The first-order valence-corrected chi connectivity index (χ1v) is 5.29. The van der Waals surface area contributed by atoms with Crippen LogP contribution >= 0.6 is 0 Å². The van der Waals surface area contributed by atoms with E-state index < -0.39 is 10.1 Å². The minimum atomic E-state index is -3.45. The molecule has 0 aliphatic carbocycles. The maximum absolute atomic E-state index is 10.7. The summed E-state index contributed by atoms with van der Waals surface area (Å²) in [5, 5.41) is 0. The van der Waals surface area contributed by atoms with Crippen molar-refractivity contribution in [2.45, 2.75) is 0 Å². The molecule has 0 saturated carbocycles. The molecule has 0 heterocycles. The average Bonchev–Trinajstić information content (AvgIpc) is 2.03. The fourth-order valence-corrected chi connectivity index (χ4v) is 1.24. The van der Waals surface area contributed by atoms with Crippen LogP contribution in [0.25, 0.3) is 0 Å². The van der Waals surface area contributed by atoms with Gasteiger partial charge in [0.05, 0.1) is 6.26 Å². The molecule has 1 aromatic carbocycles. The summed E-state index contributed by atoms with van der Waals surface area (Å²) in [5.41, 5.74) is 0.681. The number of rotatable bonds is 2. The van der Waals surface area contributed by atoms with E-state index in [1.54, 1.807) is 12.1 Å². The fourth-order valence-electron chi connectivity index (χ4n) is 0.782. The second-order valence-corrected chi connectivity index (χ2v) is 4.03. The molecule has 0 spiro atoms. The Balaban J connectivity index is 2.89. The molecule has 1 rings (SSSR count). The average molecular weight is 196 g/mol. The van der Waals surface area contributed by atoms with E-state index in [1.165, 1.54) is 12.1 Å². The van der Waals surface area contributed by atoms with Crippen molar-refractivity contribution in [1.29, 1.82) is 0 Å². The standard InChI is InChI=1S/C9H8O3S/c1-3-8-4-6-9(7-5-8)12-13(2,10)11/h1,4-7H,2H3. The monoisotopic (exact) mass is 196 g/mol. The molecule has 13 heavy (non-hydrogen) atoms. The van der Waals surface area contributed by atoms with Crippen LogP contribution in [-0.2, 0) is 10.1 Å². The van der Waals surface area contributed by atoms with Gasteiger partial charge >= 0.3 is 10.1 Å². The van der Waals surface area contributed by atoms with Crippen molar-refractivity contribution in [3.8, 4) is 18.1 Å². The summed E-state index contributed by atoms with van der Waals surface area (Å²) in [5.74, 6) is 2.68. The Morgan fingerprint density at radius 2 is 1.85 bits per heavy atom. The van der Waals surface area contributed by atoms with Crippen molar-refractivity contribution in [2.75, 3.05) is 6.26 Å². The maximum Gasteiger partial charge on any atom is 0.306 e. The molecule has 68 valence electrons. The minimum absolute atomic E-state index is 0.265. The van der Waals surface area contributed by atoms with Crippen LogP contribution in [0.15, 0.2) is 24.3 Å². The van der Waals surface area contributed by atoms with Gasteiger partial charge in [0.1, 0.15) is 5.75 Å². The molecule has 0 bridgehead atoms. The predicted molar refractivity (Wildman–Crippen MR) is 49.8 cm³/mol. The second kappa shape index (κ2) is 3.50. The largest absolute Gasteiger partial charge is 0.383 e. The molecule has 0 aliphatic rings. The first-order valence-electron chi connectivity index (χ1n) is 3.47. The minimum Gasteiger partial charge on any atom is -0.383 e. The molecule has 3 nitrogen and oxygen atoms in total. The van der Waals surface area contributed by atoms with Gasteiger partial charge in [0.2, 0.25) is 0 Å². The Morgan fingerprint density at radius 3 is 2.23 bits per heavy atom. The van der Waals surface area contributed by atoms with Crippen molar-refractivity contribution in [2.24, 2.45) is 0 Å². The molecule has 0 aliphatic heterocycles. The summed E-state index contributed by atoms with van der Waals surface area (Å²) in [7, 11) is -3.45. The van der Waals surface area contributed by atoms with E-state index in [2.05, 4.69) is 10.1 Å². The Hall–Kier alpha value is -1.47. The lowest BCUT2D eigenvalue weighted by molar-refractivity contribution is 0.493. The van der Waals surface area contributed by atoms with Gasteiger partial charge in [-0.15, -0.1) is 6.42 Å². The summed E-state index contributed by atoms with van der Waals surface area (Å²) in [6.07, 6.45) is 6.11. The molecule has 0 N–H and O–H groups in total. The van der Waals surface area contributed by atoms with Gasteiger partial charge in [-0.2, -0.15) is 8.42 Å². The number of hydrogen-bond donors (Lipinski definition) is 0. The lowest BCUT2D eigenvalue weighted by Crippen LogP contribution is -2.05. The molecule has 0 radical (unpaired) electrons. The molecule has 0 saturated heterocycles. The van der Waals surface area contributed by atoms with Crippen LogP contribution in [0.5, 0.6) is 5.75 Å². The van der Waals surface area contributed by atoms with E-state index in [-0.39, 0.29) is 5.75 Å². The van der Waals surface area contributed by atoms with Crippen molar-refractivity contribution in [3.63, 3.8) is 0 Å². The third kappa shape index (κ3) is 3.18. The molecular weight excluding hydrogens is 188 g/mol. The Kier molecular flexibility index (Phi) is 2.59. The highest BCUT2D eigenvalue weighted by Crippen LogP contribution is 2.12. The first-order chi connectivity index (χ1) is 6.01. The fraction of sp³-hybridized carbons (Fsp3) is 0.111. The summed E-state index contributed by atoms with van der Waals surface area (Å²) in [6.45, 7) is 0. The lowest BCUT2D eigenvalue weighted by Gasteiger charge is -2.01. The van der Waals surface area contributed by atoms with Gasteiger partial charge in [-0.25, -0.2) is 0 Å². The Bertz CT molecular complexity index is 423. The van der Waals surface area contributed by atoms with E-state index in [1.807, 2.05) is 0 Å². The highest BCUT2D eigenvalue weighted by molar-refractivity contribution is 7.86. The van der Waals surface area contributed by atoms with Crippen molar-refractivity contribution < 1.29 is 12.6 Å². The smallest absolute Gasteiger partial charge is 0.306 e. The molecule has 0 aromatic heterocycles. The van der Waals surface area contributed by atoms with Crippen LogP contribution in [0, 0.1) is 12.3 Å². The van der Waals surface area contributed by atoms with Crippen LogP contribution in [0.2, 0.25) is 0 Å². The summed E-state index contributed by atoms with van der Waals surface area (Å²) < 4.78 is 26.0. The van der Waals surface area contributed by atoms with Crippen LogP contribution < -0.4 is 4.18 Å². The third-order valence-corrected chi connectivity index (χ3v) is 1.76. The van der Waals surface area contributed by atoms with Crippen LogP contribution in [0.3, 0.4) is 0 Å². The zero-order valence-corrected chi connectivity index (χ0v) is 7.84. The third-order valence-electron chi connectivity index (χ3n) is 1.27. The predicted octanol–water partition coefficient (Wildman–Crippen LogP) is 1.01. The summed E-state index contributed by atoms with van der Waals surface area (Å²) in [6, 6.07) is 6.24. The molecule has 1 aromatic rings. The van der Waals surface area contributed by atoms with Crippen LogP contribution in [0.1, 0.15) is 5.56 Å². The van der Waals surface area contributed by atoms with Gasteiger partial charge in [-0.05, 0) is 24.3 Å². The molecule has 0 fully saturated rings. The van der Waals surface area contributed by atoms with Gasteiger partial charge < -0.3 is 4.18 Å². The van der Waals surface area contributed by atoms with Crippen LogP contribution in [-0.4, -0.2) is 14.7 Å². The van der Waals surface area contributed by atoms with Gasteiger partial charge in [0.15, 0.2) is 0 Å². The zero-order valence-electron chi connectivity index (χ0n) is 7.02. The highest BCUT2D eigenvalue weighted by Gasteiger charge is 2.02. The van der Waals surface area contributed by atoms with Crippen molar-refractivity contribution in [1.82, 2.24) is 0 Å². The van der Waals surface area contributed by atoms with Crippen molar-refractivity contribution in [3.05, 3.63) is 29.8 Å². The Labute approximate surface area is 77.5 Å². The van der Waals surface area contributed by atoms with Gasteiger partial charge in [-0.1, -0.05) is 5.92 Å². The van der Waals surface area contributed by atoms with Gasteiger partial charge in [-0.3, -0.25) is 0 Å². The number of terminal acetylenes is 1. The maximum atomic E-state index is 10.7. The van der Waals surface area contributed by atoms with Crippen LogP contribution in [0.4, 0.5) is 0 Å².